The molecule has 0 bridgehead atoms. The number of rotatable bonds is 8. The van der Waals surface area contributed by atoms with E-state index in [0.29, 0.717) is 6.54 Å². The predicted octanol–water partition coefficient (Wildman–Crippen LogP) is 1.81. The van der Waals surface area contributed by atoms with E-state index < -0.39 is 0 Å². The Bertz CT molecular complexity index is 461. The predicted molar refractivity (Wildman–Crippen MR) is 87.6 cm³/mol. The minimum absolute atomic E-state index is 0.146. The molecule has 0 aliphatic carbocycles. The molecule has 0 spiro atoms. The highest BCUT2D eigenvalue weighted by Crippen LogP contribution is 2.29. The van der Waals surface area contributed by atoms with E-state index in [4.69, 9.17) is 9.47 Å². The normalized spacial score (nSPS) is 18.2. The molecule has 2 rings (SSSR count). The van der Waals surface area contributed by atoms with Crippen molar-refractivity contribution in [2.24, 2.45) is 0 Å². The van der Waals surface area contributed by atoms with Gasteiger partial charge in [-0.1, -0.05) is 6.07 Å². The molecule has 1 fully saturated rings. The molecule has 2 atom stereocenters. The van der Waals surface area contributed by atoms with Gasteiger partial charge in [-0.25, -0.2) is 0 Å². The summed E-state index contributed by atoms with van der Waals surface area (Å²) in [5, 5.41) is 13.5. The molecule has 0 saturated carbocycles. The summed E-state index contributed by atoms with van der Waals surface area (Å²) in [5.74, 6) is 1.46. The molecule has 1 heterocycles. The van der Waals surface area contributed by atoms with Crippen LogP contribution in [0, 0.1) is 0 Å². The Morgan fingerprint density at radius 2 is 1.86 bits per heavy atom. The number of aliphatic hydroxyl groups excluding tert-OH is 1. The molecule has 2 unspecified atom stereocenters. The molecular formula is C17H28N2O3. The van der Waals surface area contributed by atoms with Crippen molar-refractivity contribution in [3.63, 3.8) is 0 Å². The average molecular weight is 308 g/mol. The molecule has 1 aliphatic heterocycles. The third kappa shape index (κ3) is 4.60. The van der Waals surface area contributed by atoms with Gasteiger partial charge in [0.05, 0.1) is 20.3 Å². The smallest absolute Gasteiger partial charge is 0.161 e. The van der Waals surface area contributed by atoms with Crippen molar-refractivity contribution in [1.29, 1.82) is 0 Å². The van der Waals surface area contributed by atoms with Crippen LogP contribution in [0.15, 0.2) is 18.2 Å². The number of ether oxygens (including phenoxy) is 2. The van der Waals surface area contributed by atoms with Crippen molar-refractivity contribution in [2.45, 2.75) is 31.9 Å². The zero-order valence-corrected chi connectivity index (χ0v) is 13.8. The Labute approximate surface area is 133 Å². The van der Waals surface area contributed by atoms with Gasteiger partial charge in [0.15, 0.2) is 11.5 Å². The average Bonchev–Trinajstić information content (AvgIpc) is 3.04. The van der Waals surface area contributed by atoms with Crippen LogP contribution in [0.2, 0.25) is 0 Å². The maximum Gasteiger partial charge on any atom is 0.161 e. The van der Waals surface area contributed by atoms with Crippen molar-refractivity contribution in [3.8, 4) is 11.5 Å². The van der Waals surface area contributed by atoms with Gasteiger partial charge in [-0.05, 0) is 50.6 Å². The number of nitrogens with one attached hydrogen (secondary N) is 1. The fourth-order valence-corrected chi connectivity index (χ4v) is 2.88. The molecule has 124 valence electrons. The van der Waals surface area contributed by atoms with Crippen molar-refractivity contribution in [3.05, 3.63) is 23.8 Å². The highest BCUT2D eigenvalue weighted by atomic mass is 16.5. The van der Waals surface area contributed by atoms with Crippen LogP contribution in [0.25, 0.3) is 0 Å². The van der Waals surface area contributed by atoms with E-state index in [0.717, 1.165) is 36.7 Å². The third-order valence-electron chi connectivity index (χ3n) is 4.23. The zero-order valence-electron chi connectivity index (χ0n) is 13.8. The Balaban J connectivity index is 1.84. The van der Waals surface area contributed by atoms with Crippen molar-refractivity contribution in [1.82, 2.24) is 10.2 Å². The molecule has 0 amide bonds. The van der Waals surface area contributed by atoms with Gasteiger partial charge in [0.1, 0.15) is 0 Å². The van der Waals surface area contributed by atoms with E-state index in [9.17, 15) is 5.11 Å². The van der Waals surface area contributed by atoms with Crippen molar-refractivity contribution < 1.29 is 14.6 Å². The lowest BCUT2D eigenvalue weighted by Crippen LogP contribution is -2.37. The van der Waals surface area contributed by atoms with Crippen LogP contribution in [0.4, 0.5) is 0 Å². The summed E-state index contributed by atoms with van der Waals surface area (Å²) in [4.78, 5) is 2.33. The lowest BCUT2D eigenvalue weighted by atomic mass is 10.1. The van der Waals surface area contributed by atoms with Gasteiger partial charge in [-0.2, -0.15) is 0 Å². The van der Waals surface area contributed by atoms with Crippen LogP contribution in [-0.4, -0.2) is 56.5 Å². The number of β-amino-alcohol motifs (C(OH)–C–C–N with tert-alkyl or cyclic N) is 1. The molecule has 1 aliphatic rings. The lowest BCUT2D eigenvalue weighted by molar-refractivity contribution is 0.121. The van der Waals surface area contributed by atoms with Gasteiger partial charge in [-0.15, -0.1) is 0 Å². The fraction of sp³-hybridized carbons (Fsp3) is 0.647. The molecular weight excluding hydrogens is 280 g/mol. The molecule has 0 radical (unpaired) electrons. The first kappa shape index (κ1) is 17.1. The van der Waals surface area contributed by atoms with Crippen LogP contribution >= 0.6 is 0 Å². The summed E-state index contributed by atoms with van der Waals surface area (Å²) < 4.78 is 10.6. The second-order valence-corrected chi connectivity index (χ2v) is 5.91. The Morgan fingerprint density at radius 3 is 2.50 bits per heavy atom. The van der Waals surface area contributed by atoms with Crippen LogP contribution < -0.4 is 14.8 Å². The Morgan fingerprint density at radius 1 is 1.18 bits per heavy atom. The van der Waals surface area contributed by atoms with Gasteiger partial charge in [0.2, 0.25) is 0 Å². The third-order valence-corrected chi connectivity index (χ3v) is 4.23. The zero-order chi connectivity index (χ0) is 15.9. The minimum atomic E-state index is -0.333. The fourth-order valence-electron chi connectivity index (χ4n) is 2.88. The molecule has 1 saturated heterocycles. The van der Waals surface area contributed by atoms with E-state index in [1.54, 1.807) is 14.2 Å². The van der Waals surface area contributed by atoms with E-state index in [-0.39, 0.29) is 12.1 Å². The lowest BCUT2D eigenvalue weighted by Gasteiger charge is -2.22. The highest BCUT2D eigenvalue weighted by molar-refractivity contribution is 5.43. The van der Waals surface area contributed by atoms with Gasteiger partial charge in [-0.3, -0.25) is 0 Å². The number of likely N-dealkylation sites (tertiary alicyclic amines) is 1. The van der Waals surface area contributed by atoms with E-state index in [2.05, 4.69) is 17.1 Å². The Hall–Kier alpha value is -1.30. The summed E-state index contributed by atoms with van der Waals surface area (Å²) in [6.45, 7) is 5.66. The van der Waals surface area contributed by atoms with E-state index >= 15 is 0 Å². The van der Waals surface area contributed by atoms with Crippen LogP contribution in [0.5, 0.6) is 11.5 Å². The summed E-state index contributed by atoms with van der Waals surface area (Å²) in [6, 6.07) is 6.05. The van der Waals surface area contributed by atoms with E-state index in [1.807, 2.05) is 18.2 Å². The van der Waals surface area contributed by atoms with Crippen LogP contribution in [0.1, 0.15) is 31.4 Å². The maximum absolute atomic E-state index is 10.1. The molecule has 5 heteroatoms. The first-order valence-electron chi connectivity index (χ1n) is 7.99. The van der Waals surface area contributed by atoms with Gasteiger partial charge in [0, 0.05) is 19.1 Å². The minimum Gasteiger partial charge on any atom is -0.493 e. The number of benzene rings is 1. The number of nitrogens with zero attached hydrogens (tertiary/aromatic N) is 1. The van der Waals surface area contributed by atoms with Crippen LogP contribution in [0.3, 0.4) is 0 Å². The van der Waals surface area contributed by atoms with Crippen LogP contribution in [-0.2, 0) is 0 Å². The summed E-state index contributed by atoms with van der Waals surface area (Å²) in [7, 11) is 3.27. The monoisotopic (exact) mass is 308 g/mol. The number of methoxy groups -OCH3 is 2. The van der Waals surface area contributed by atoms with Gasteiger partial charge >= 0.3 is 0 Å². The summed E-state index contributed by atoms with van der Waals surface area (Å²) in [6.07, 6.45) is 2.17. The molecule has 1 aromatic carbocycles. The van der Waals surface area contributed by atoms with Crippen molar-refractivity contribution in [2.75, 3.05) is 40.4 Å². The first-order valence-corrected chi connectivity index (χ1v) is 7.99. The molecule has 2 N–H and O–H groups in total. The molecule has 0 aromatic heterocycles. The van der Waals surface area contributed by atoms with Gasteiger partial charge < -0.3 is 24.8 Å². The van der Waals surface area contributed by atoms with E-state index in [1.165, 1.54) is 12.8 Å². The highest BCUT2D eigenvalue weighted by Gasteiger charge is 2.17. The molecule has 5 nitrogen and oxygen atoms in total. The summed E-state index contributed by atoms with van der Waals surface area (Å²) >= 11 is 0. The maximum atomic E-state index is 10.1. The Kier molecular flexibility index (Phi) is 6.49. The quantitative estimate of drug-likeness (QED) is 0.767. The topological polar surface area (TPSA) is 54.0 Å². The number of aliphatic hydroxyl groups is 1. The SMILES string of the molecule is COc1ccc(C(C)NCC(O)CN2CCCC2)cc1OC. The largest absolute Gasteiger partial charge is 0.493 e. The second kappa shape index (κ2) is 8.36. The van der Waals surface area contributed by atoms with Crippen molar-refractivity contribution >= 4 is 0 Å². The number of hydrogen-bond acceptors (Lipinski definition) is 5. The summed E-state index contributed by atoms with van der Waals surface area (Å²) in [5.41, 5.74) is 1.12. The number of hydrogen-bond donors (Lipinski definition) is 2. The first-order chi connectivity index (χ1) is 10.6. The second-order valence-electron chi connectivity index (χ2n) is 5.91. The standard InChI is InChI=1S/C17H28N2O3/c1-13(14-6-7-16(21-2)17(10-14)22-3)18-11-15(20)12-19-8-4-5-9-19/h6-7,10,13,15,18,20H,4-5,8-9,11-12H2,1-3H3. The molecule has 1 aromatic rings. The molecule has 22 heavy (non-hydrogen) atoms. The van der Waals surface area contributed by atoms with Gasteiger partial charge in [0.25, 0.3) is 0 Å².